The molecule has 0 spiro atoms. The van der Waals surface area contributed by atoms with Crippen molar-refractivity contribution in [3.05, 3.63) is 83.6 Å². The zero-order valence-electron chi connectivity index (χ0n) is 27.3. The van der Waals surface area contributed by atoms with Crippen LogP contribution in [0.4, 0.5) is 11.4 Å². The predicted molar refractivity (Wildman–Crippen MR) is 182 cm³/mol. The molecule has 10 nitrogen and oxygen atoms in total. The van der Waals surface area contributed by atoms with Crippen LogP contribution in [0.1, 0.15) is 64.5 Å². The van der Waals surface area contributed by atoms with E-state index in [1.54, 1.807) is 12.1 Å². The molecule has 0 saturated heterocycles. The fourth-order valence-electron chi connectivity index (χ4n) is 6.35. The molecule has 2 heterocycles. The molecule has 0 aliphatic carbocycles. The van der Waals surface area contributed by atoms with Crippen molar-refractivity contribution in [3.8, 4) is 12.3 Å². The Morgan fingerprint density at radius 2 is 1.66 bits per heavy atom. The molecule has 2 aliphatic heterocycles. The van der Waals surface area contributed by atoms with E-state index in [9.17, 15) is 30.7 Å². The molecule has 2 aromatic rings. The number of carbonyl (C=O) groups is 1. The van der Waals surface area contributed by atoms with Crippen LogP contribution in [0.3, 0.4) is 0 Å². The zero-order chi connectivity index (χ0) is 34.8. The highest BCUT2D eigenvalue weighted by molar-refractivity contribution is 7.86. The molecule has 0 radical (unpaired) electrons. The second-order valence-corrected chi connectivity index (χ2v) is 15.5. The Hall–Kier alpha value is -4.02. The van der Waals surface area contributed by atoms with Gasteiger partial charge in [-0.05, 0) is 68.7 Å². The monoisotopic (exact) mass is 679 g/mol. The van der Waals surface area contributed by atoms with Gasteiger partial charge in [0.1, 0.15) is 17.2 Å². The maximum Gasteiger partial charge on any atom is 0.294 e. The fraction of sp³-hybridized carbons (Fsp3) is 0.371. The molecule has 0 saturated carbocycles. The van der Waals surface area contributed by atoms with Gasteiger partial charge in [0.25, 0.3) is 10.1 Å². The summed E-state index contributed by atoms with van der Waals surface area (Å²) < 4.78 is 70.5. The largest absolute Gasteiger partial charge is 0.744 e. The lowest BCUT2D eigenvalue weighted by molar-refractivity contribution is -0.401. The van der Waals surface area contributed by atoms with E-state index in [4.69, 9.17) is 6.42 Å². The average molecular weight is 680 g/mol. The van der Waals surface area contributed by atoms with Crippen LogP contribution in [-0.4, -0.2) is 62.3 Å². The van der Waals surface area contributed by atoms with E-state index in [1.165, 1.54) is 24.3 Å². The molecule has 1 amide bonds. The van der Waals surface area contributed by atoms with Gasteiger partial charge in [0.2, 0.25) is 11.6 Å². The van der Waals surface area contributed by atoms with Crippen LogP contribution in [0.25, 0.3) is 0 Å². The summed E-state index contributed by atoms with van der Waals surface area (Å²) in [6.45, 7) is 8.80. The summed E-state index contributed by atoms with van der Waals surface area (Å²) in [5.74, 6) is 2.31. The minimum absolute atomic E-state index is 0.0819. The van der Waals surface area contributed by atoms with Crippen molar-refractivity contribution in [1.29, 1.82) is 0 Å². The highest BCUT2D eigenvalue weighted by Crippen LogP contribution is 2.48. The predicted octanol–water partition coefficient (Wildman–Crippen LogP) is 4.95. The first-order valence-corrected chi connectivity index (χ1v) is 18.1. The van der Waals surface area contributed by atoms with Crippen LogP contribution in [-0.2, 0) is 35.9 Å². The molecule has 250 valence electrons. The number of hydrogen-bond donors (Lipinski definition) is 2. The molecular weight excluding hydrogens is 639 g/mol. The maximum absolute atomic E-state index is 11.9. The number of anilines is 1. The molecule has 12 heteroatoms. The van der Waals surface area contributed by atoms with Crippen molar-refractivity contribution >= 4 is 43.2 Å². The second kappa shape index (κ2) is 13.6. The van der Waals surface area contributed by atoms with E-state index in [1.807, 2.05) is 69.7 Å². The fourth-order valence-corrected chi connectivity index (χ4v) is 7.36. The first-order valence-electron chi connectivity index (χ1n) is 15.3. The summed E-state index contributed by atoms with van der Waals surface area (Å²) in [7, 11) is -7.08. The SMILES string of the molecule is C#CCNC(=O)CCCCCN1/C(=C/C=C/C=C/C2=[N+](C)c3ccc(S(=O)(=O)[O-])cc3C2(C)C)C(C)(C)c2cc(S(=O)(=O)O)ccc21. The number of allylic oxidation sites excluding steroid dienone is 6. The molecule has 4 rings (SSSR count). The van der Waals surface area contributed by atoms with Gasteiger partial charge in [0.15, 0.2) is 5.71 Å². The third-order valence-electron chi connectivity index (χ3n) is 8.86. The van der Waals surface area contributed by atoms with Gasteiger partial charge in [-0.2, -0.15) is 13.0 Å². The topological polar surface area (TPSA) is 147 Å². The lowest BCUT2D eigenvalue weighted by Gasteiger charge is -2.27. The second-order valence-electron chi connectivity index (χ2n) is 12.7. The molecule has 2 aliphatic rings. The van der Waals surface area contributed by atoms with Crippen molar-refractivity contribution in [2.24, 2.45) is 0 Å². The van der Waals surface area contributed by atoms with E-state index in [-0.39, 0.29) is 22.2 Å². The Morgan fingerprint density at radius 3 is 2.32 bits per heavy atom. The van der Waals surface area contributed by atoms with E-state index >= 15 is 0 Å². The highest BCUT2D eigenvalue weighted by atomic mass is 32.2. The van der Waals surface area contributed by atoms with Crippen molar-refractivity contribution in [1.82, 2.24) is 5.32 Å². The summed E-state index contributed by atoms with van der Waals surface area (Å²) in [6, 6.07) is 9.07. The van der Waals surface area contributed by atoms with E-state index in [0.29, 0.717) is 19.4 Å². The number of carbonyl (C=O) groups excluding carboxylic acids is 1. The Morgan fingerprint density at radius 1 is 0.979 bits per heavy atom. The standard InChI is InChI=1S/C35H41N3O7S2/c1-7-21-36-33(39)16-12-9-13-22-38-30-20-18-26(47(43,44)45)24-28(30)35(4,5)32(38)15-11-8-10-14-31-34(2,3)27-23-25(46(40,41)42)17-19-29(27)37(31)6/h1,8,10-11,14-15,17-20,23-24H,9,12-13,16,21-22H2,2-6H3,(H2-,36,39,40,41,42,43,44,45). The van der Waals surface area contributed by atoms with Gasteiger partial charge in [-0.3, -0.25) is 9.35 Å². The first-order chi connectivity index (χ1) is 21.9. The van der Waals surface area contributed by atoms with Crippen molar-refractivity contribution in [2.45, 2.75) is 74.0 Å². The third kappa shape index (κ3) is 7.60. The summed E-state index contributed by atoms with van der Waals surface area (Å²) >= 11 is 0. The summed E-state index contributed by atoms with van der Waals surface area (Å²) in [5.41, 5.74) is 3.94. The lowest BCUT2D eigenvalue weighted by Crippen LogP contribution is -2.27. The highest BCUT2D eigenvalue weighted by Gasteiger charge is 2.43. The summed E-state index contributed by atoms with van der Waals surface area (Å²) in [4.78, 5) is 13.6. The van der Waals surface area contributed by atoms with Gasteiger partial charge in [-0.1, -0.05) is 44.4 Å². The summed E-state index contributed by atoms with van der Waals surface area (Å²) in [5, 5.41) is 2.67. The Labute approximate surface area is 278 Å². The Bertz CT molecular complexity index is 1960. The van der Waals surface area contributed by atoms with Crippen LogP contribution in [0.2, 0.25) is 0 Å². The number of rotatable bonds is 12. The maximum atomic E-state index is 11.9. The molecule has 47 heavy (non-hydrogen) atoms. The first kappa shape index (κ1) is 35.8. The number of fused-ring (bicyclic) bond motifs is 2. The molecule has 2 aromatic carbocycles. The number of nitrogens with one attached hydrogen (secondary N) is 1. The van der Waals surface area contributed by atoms with E-state index in [0.717, 1.165) is 46.8 Å². The molecular formula is C35H41N3O7S2. The number of terminal acetylenes is 1. The summed E-state index contributed by atoms with van der Waals surface area (Å²) in [6.07, 6.45) is 17.5. The lowest BCUT2D eigenvalue weighted by atomic mass is 9.81. The molecule has 0 aromatic heterocycles. The molecule has 0 atom stereocenters. The normalized spacial score (nSPS) is 17.8. The van der Waals surface area contributed by atoms with E-state index in [2.05, 4.69) is 16.1 Å². The van der Waals surface area contributed by atoms with Crippen LogP contribution in [0, 0.1) is 12.3 Å². The number of benzene rings is 2. The molecule has 2 N–H and O–H groups in total. The number of unbranched alkanes of at least 4 members (excludes halogenated alkanes) is 2. The minimum Gasteiger partial charge on any atom is -0.744 e. The van der Waals surface area contributed by atoms with Gasteiger partial charge in [-0.25, -0.2) is 8.42 Å². The van der Waals surface area contributed by atoms with Crippen molar-refractivity contribution in [2.75, 3.05) is 25.0 Å². The van der Waals surface area contributed by atoms with Crippen LogP contribution in [0.15, 0.2) is 82.3 Å². The Kier molecular flexibility index (Phi) is 10.4. The average Bonchev–Trinajstić information content (AvgIpc) is 3.32. The van der Waals surface area contributed by atoms with Crippen molar-refractivity contribution in [3.63, 3.8) is 0 Å². The molecule has 0 unspecified atom stereocenters. The van der Waals surface area contributed by atoms with Gasteiger partial charge >= 0.3 is 0 Å². The zero-order valence-corrected chi connectivity index (χ0v) is 28.9. The number of amides is 1. The van der Waals surface area contributed by atoms with Crippen LogP contribution < -0.4 is 10.2 Å². The third-order valence-corrected chi connectivity index (χ3v) is 10.5. The van der Waals surface area contributed by atoms with Crippen LogP contribution >= 0.6 is 0 Å². The minimum atomic E-state index is -4.58. The van der Waals surface area contributed by atoms with Crippen molar-refractivity contribution < 1.29 is 35.3 Å². The Balaban J connectivity index is 1.57. The van der Waals surface area contributed by atoms with Gasteiger partial charge in [-0.15, -0.1) is 6.42 Å². The number of nitrogens with zero attached hydrogens (tertiary/aromatic N) is 2. The molecule has 0 fully saturated rings. The molecule has 0 bridgehead atoms. The quantitative estimate of drug-likeness (QED) is 0.105. The van der Waals surface area contributed by atoms with Gasteiger partial charge in [0, 0.05) is 47.5 Å². The smallest absolute Gasteiger partial charge is 0.294 e. The number of hydrogen-bond acceptors (Lipinski definition) is 7. The van der Waals surface area contributed by atoms with Gasteiger partial charge < -0.3 is 14.8 Å². The van der Waals surface area contributed by atoms with E-state index < -0.39 is 31.1 Å². The van der Waals surface area contributed by atoms with Gasteiger partial charge in [0.05, 0.1) is 21.8 Å². The van der Waals surface area contributed by atoms with Crippen LogP contribution in [0.5, 0.6) is 0 Å².